The number of hydrogen-bond acceptors (Lipinski definition) is 7. The number of carbonyl (C=O) groups excluding carboxylic acids is 2. The van der Waals surface area contributed by atoms with Crippen LogP contribution in [0.3, 0.4) is 0 Å². The zero-order valence-electron chi connectivity index (χ0n) is 11.8. The number of hydrogen-bond donors (Lipinski definition) is 1. The number of methoxy groups -OCH3 is 1. The number of alkyl halides is 3. The van der Waals surface area contributed by atoms with Crippen LogP contribution in [-0.2, 0) is 19.1 Å². The molecule has 0 radical (unpaired) electrons. The van der Waals surface area contributed by atoms with E-state index < -0.39 is 23.9 Å². The Hall–Kier alpha value is -2.80. The third-order valence-corrected chi connectivity index (χ3v) is 2.58. The topological polar surface area (TPSA) is 99.9 Å². The molecule has 10 heteroatoms. The molecule has 0 aromatic carbocycles. The summed E-state index contributed by atoms with van der Waals surface area (Å²) in [5, 5.41) is 17.8. The number of rotatable bonds is 4. The Labute approximate surface area is 128 Å². The van der Waals surface area contributed by atoms with Crippen molar-refractivity contribution in [3.05, 3.63) is 35.2 Å². The van der Waals surface area contributed by atoms with Crippen molar-refractivity contribution in [2.75, 3.05) is 20.3 Å². The van der Waals surface area contributed by atoms with E-state index in [-0.39, 0.29) is 24.4 Å². The van der Waals surface area contributed by atoms with Crippen molar-refractivity contribution >= 4 is 11.9 Å². The molecule has 0 saturated heterocycles. The van der Waals surface area contributed by atoms with Gasteiger partial charge in [-0.25, -0.2) is 9.59 Å². The van der Waals surface area contributed by atoms with Crippen LogP contribution in [0.2, 0.25) is 0 Å². The van der Waals surface area contributed by atoms with Gasteiger partial charge in [0.05, 0.1) is 13.7 Å². The van der Waals surface area contributed by atoms with Gasteiger partial charge in [0.1, 0.15) is 17.3 Å². The first kappa shape index (κ1) is 18.2. The molecule has 0 aromatic rings. The van der Waals surface area contributed by atoms with E-state index in [0.717, 1.165) is 19.3 Å². The van der Waals surface area contributed by atoms with Gasteiger partial charge < -0.3 is 19.5 Å². The van der Waals surface area contributed by atoms with Crippen LogP contribution >= 0.6 is 0 Å². The Bertz CT molecular complexity index is 629. The minimum absolute atomic E-state index is 0.000399. The fourth-order valence-corrected chi connectivity index (χ4v) is 1.65. The lowest BCUT2D eigenvalue weighted by Gasteiger charge is -2.24. The number of carbonyl (C=O) groups is 2. The molecule has 0 unspecified atom stereocenters. The minimum atomic E-state index is -5.24. The third kappa shape index (κ3) is 4.86. The Balaban J connectivity index is 3.26. The lowest BCUT2D eigenvalue weighted by atomic mass is 10.0. The van der Waals surface area contributed by atoms with Crippen molar-refractivity contribution in [1.29, 1.82) is 5.26 Å². The van der Waals surface area contributed by atoms with Gasteiger partial charge in [-0.05, 0) is 12.2 Å². The van der Waals surface area contributed by atoms with E-state index in [1.165, 1.54) is 17.2 Å². The molecule has 1 heterocycles. The largest absolute Gasteiger partial charge is 0.575 e. The number of esters is 2. The van der Waals surface area contributed by atoms with Crippen molar-refractivity contribution in [3.63, 3.8) is 0 Å². The lowest BCUT2D eigenvalue weighted by molar-refractivity contribution is -0.303. The van der Waals surface area contributed by atoms with E-state index in [4.69, 9.17) is 10.4 Å². The van der Waals surface area contributed by atoms with Crippen LogP contribution in [0.5, 0.6) is 0 Å². The molecule has 1 rings (SSSR count). The molecule has 1 N–H and O–H groups in total. The second-order valence-electron chi connectivity index (χ2n) is 4.03. The van der Waals surface area contributed by atoms with Crippen LogP contribution < -0.4 is 0 Å². The first-order valence-corrected chi connectivity index (χ1v) is 6.03. The summed E-state index contributed by atoms with van der Waals surface area (Å²) in [6.45, 7) is -0.321. The molecule has 0 bridgehead atoms. The van der Waals surface area contributed by atoms with Gasteiger partial charge >= 0.3 is 18.3 Å². The average Bonchev–Trinajstić information content (AvgIpc) is 2.47. The molecule has 1 aliphatic rings. The Morgan fingerprint density at radius 2 is 2.09 bits per heavy atom. The maximum atomic E-state index is 12.1. The maximum Gasteiger partial charge on any atom is 0.575 e. The molecule has 7 nitrogen and oxygen atoms in total. The number of nitrogens with zero attached hydrogens (tertiary/aromatic N) is 2. The van der Waals surface area contributed by atoms with E-state index in [1.807, 2.05) is 0 Å². The highest BCUT2D eigenvalue weighted by Gasteiger charge is 2.36. The van der Waals surface area contributed by atoms with Crippen LogP contribution in [0.15, 0.2) is 35.2 Å². The quantitative estimate of drug-likeness (QED) is 0.460. The van der Waals surface area contributed by atoms with Gasteiger partial charge in [-0.15, -0.1) is 13.2 Å². The number of aliphatic hydroxyl groups excluding tert-OH is 1. The minimum Gasteiger partial charge on any atom is -0.464 e. The normalized spacial score (nSPS) is 16.3. The van der Waals surface area contributed by atoms with Crippen molar-refractivity contribution in [3.8, 4) is 6.07 Å². The van der Waals surface area contributed by atoms with Crippen LogP contribution in [0.4, 0.5) is 13.2 Å². The van der Waals surface area contributed by atoms with Crippen LogP contribution in [-0.4, -0.2) is 48.6 Å². The van der Waals surface area contributed by atoms with E-state index >= 15 is 0 Å². The Morgan fingerprint density at radius 3 is 2.57 bits per heavy atom. The van der Waals surface area contributed by atoms with Gasteiger partial charge in [0.15, 0.2) is 0 Å². The zero-order valence-corrected chi connectivity index (χ0v) is 11.8. The fourth-order valence-electron chi connectivity index (χ4n) is 1.65. The summed E-state index contributed by atoms with van der Waals surface area (Å²) in [5.74, 6) is -2.75. The molecule has 0 fully saturated rings. The lowest BCUT2D eigenvalue weighted by Crippen LogP contribution is -2.28. The Morgan fingerprint density at radius 1 is 1.43 bits per heavy atom. The third-order valence-electron chi connectivity index (χ3n) is 2.58. The van der Waals surface area contributed by atoms with Crippen molar-refractivity contribution in [1.82, 2.24) is 4.90 Å². The summed E-state index contributed by atoms with van der Waals surface area (Å²) in [7, 11) is 1.07. The van der Waals surface area contributed by atoms with Crippen molar-refractivity contribution in [2.45, 2.75) is 6.36 Å². The van der Waals surface area contributed by atoms with Crippen LogP contribution in [0.1, 0.15) is 0 Å². The van der Waals surface area contributed by atoms with Gasteiger partial charge in [0, 0.05) is 18.3 Å². The first-order valence-electron chi connectivity index (χ1n) is 6.03. The Kier molecular flexibility index (Phi) is 5.92. The molecule has 0 aromatic heterocycles. The SMILES string of the molecule is COC(=O)C1=CC(=C(C#N)C(=O)OC(F)(F)F)C=CN1CCO. The van der Waals surface area contributed by atoms with Gasteiger partial charge in [-0.2, -0.15) is 5.26 Å². The highest BCUT2D eigenvalue weighted by atomic mass is 19.4. The molecular formula is C13H11F3N2O5. The van der Waals surface area contributed by atoms with Gasteiger partial charge in [0.2, 0.25) is 0 Å². The molecule has 0 amide bonds. The molecule has 23 heavy (non-hydrogen) atoms. The summed E-state index contributed by atoms with van der Waals surface area (Å²) in [4.78, 5) is 24.3. The van der Waals surface area contributed by atoms with Gasteiger partial charge in [-0.3, -0.25) is 0 Å². The highest BCUT2D eigenvalue weighted by Crippen LogP contribution is 2.24. The monoisotopic (exact) mass is 332 g/mol. The van der Waals surface area contributed by atoms with Crippen LogP contribution in [0.25, 0.3) is 0 Å². The average molecular weight is 332 g/mol. The summed E-state index contributed by atoms with van der Waals surface area (Å²) in [6, 6.07) is 1.31. The van der Waals surface area contributed by atoms with E-state index in [9.17, 15) is 22.8 Å². The van der Waals surface area contributed by atoms with E-state index in [1.54, 1.807) is 0 Å². The number of allylic oxidation sites excluding steroid dienone is 3. The molecule has 0 saturated carbocycles. The molecule has 1 aliphatic heterocycles. The van der Waals surface area contributed by atoms with Gasteiger partial charge in [0.25, 0.3) is 0 Å². The second-order valence-corrected chi connectivity index (χ2v) is 4.03. The molecule has 0 spiro atoms. The summed E-state index contributed by atoms with van der Waals surface area (Å²) >= 11 is 0. The maximum absolute atomic E-state index is 12.1. The van der Waals surface area contributed by atoms with Crippen molar-refractivity contribution in [2.24, 2.45) is 0 Å². The molecule has 0 aliphatic carbocycles. The number of aliphatic hydroxyl groups is 1. The van der Waals surface area contributed by atoms with Crippen LogP contribution in [0, 0.1) is 11.3 Å². The molecule has 124 valence electrons. The summed E-state index contributed by atoms with van der Waals surface area (Å²) in [6.07, 6.45) is -1.89. The molecule has 0 atom stereocenters. The predicted molar refractivity (Wildman–Crippen MR) is 67.8 cm³/mol. The fraction of sp³-hybridized carbons (Fsp3) is 0.308. The number of β-amino-alcohol motifs (C(OH)–C–C–N with tert-alkyl or cyclic N) is 1. The number of halogens is 3. The summed E-state index contributed by atoms with van der Waals surface area (Å²) < 4.78 is 43.9. The number of nitriles is 1. The summed E-state index contributed by atoms with van der Waals surface area (Å²) in [5.41, 5.74) is -1.34. The number of ether oxygens (including phenoxy) is 2. The second kappa shape index (κ2) is 7.46. The first-order chi connectivity index (χ1) is 10.7. The standard InChI is InChI=1S/C13H11F3N2O5/c1-22-12(21)10-6-8(2-3-18(10)4-5-19)9(7-17)11(20)23-13(14,15)16/h2-3,6,19H,4-5H2,1H3. The zero-order chi connectivity index (χ0) is 17.6. The molecular weight excluding hydrogens is 321 g/mol. The van der Waals surface area contributed by atoms with E-state index in [0.29, 0.717) is 0 Å². The van der Waals surface area contributed by atoms with Crippen molar-refractivity contribution < 1.29 is 37.3 Å². The van der Waals surface area contributed by atoms with E-state index in [2.05, 4.69) is 9.47 Å². The van der Waals surface area contributed by atoms with Gasteiger partial charge in [-0.1, -0.05) is 0 Å². The highest BCUT2D eigenvalue weighted by molar-refractivity contribution is 5.96. The smallest absolute Gasteiger partial charge is 0.464 e. The predicted octanol–water partition coefficient (Wildman–Crippen LogP) is 0.748.